The molecule has 1 aromatic carbocycles. The molecule has 2 atom stereocenters. The highest BCUT2D eigenvalue weighted by Gasteiger charge is 2.33. The maximum absolute atomic E-state index is 11.6. The molecule has 2 unspecified atom stereocenters. The van der Waals surface area contributed by atoms with Crippen LogP contribution in [0.1, 0.15) is 29.2 Å². The molecule has 0 aromatic heterocycles. The van der Waals surface area contributed by atoms with E-state index in [1.807, 2.05) is 7.05 Å². The molecule has 112 valence electrons. The van der Waals surface area contributed by atoms with E-state index in [0.717, 1.165) is 0 Å². The summed E-state index contributed by atoms with van der Waals surface area (Å²) in [4.78, 5) is 2.14. The molecule has 1 aromatic rings. The summed E-state index contributed by atoms with van der Waals surface area (Å²) in [6.07, 6.45) is 0.708. The van der Waals surface area contributed by atoms with E-state index in [1.54, 1.807) is 0 Å². The number of nitrogens with zero attached hydrogens (tertiary/aromatic N) is 1. The minimum atomic E-state index is -2.86. The second kappa shape index (κ2) is 5.84. The van der Waals surface area contributed by atoms with Crippen LogP contribution < -0.4 is 5.73 Å². The number of sulfone groups is 1. The van der Waals surface area contributed by atoms with Crippen LogP contribution in [0, 0.1) is 13.8 Å². The lowest BCUT2D eigenvalue weighted by molar-refractivity contribution is 0.192. The van der Waals surface area contributed by atoms with Crippen molar-refractivity contribution < 1.29 is 8.42 Å². The zero-order chi connectivity index (χ0) is 14.9. The van der Waals surface area contributed by atoms with Gasteiger partial charge in [0, 0.05) is 18.6 Å². The first kappa shape index (κ1) is 15.5. The average molecular weight is 296 g/mol. The van der Waals surface area contributed by atoms with Gasteiger partial charge in [-0.05, 0) is 32.9 Å². The van der Waals surface area contributed by atoms with Gasteiger partial charge in [0.15, 0.2) is 9.84 Å². The van der Waals surface area contributed by atoms with Crippen molar-refractivity contribution in [1.82, 2.24) is 4.90 Å². The maximum Gasteiger partial charge on any atom is 0.151 e. The largest absolute Gasteiger partial charge is 0.329 e. The van der Waals surface area contributed by atoms with Gasteiger partial charge in [0.25, 0.3) is 0 Å². The van der Waals surface area contributed by atoms with E-state index < -0.39 is 9.84 Å². The van der Waals surface area contributed by atoms with Crippen molar-refractivity contribution in [3.8, 4) is 0 Å². The van der Waals surface area contributed by atoms with Crippen molar-refractivity contribution in [2.45, 2.75) is 32.4 Å². The predicted molar refractivity (Wildman–Crippen MR) is 82.5 cm³/mol. The maximum atomic E-state index is 11.6. The third-order valence-electron chi connectivity index (χ3n) is 4.13. The lowest BCUT2D eigenvalue weighted by Crippen LogP contribution is -2.39. The summed E-state index contributed by atoms with van der Waals surface area (Å²) in [6, 6.07) is 6.58. The number of aryl methyl sites for hydroxylation is 2. The van der Waals surface area contributed by atoms with Gasteiger partial charge in [-0.25, -0.2) is 8.42 Å². The third kappa shape index (κ3) is 3.40. The van der Waals surface area contributed by atoms with E-state index in [1.165, 1.54) is 16.7 Å². The van der Waals surface area contributed by atoms with Gasteiger partial charge in [0.1, 0.15) is 0 Å². The first-order valence-electron chi connectivity index (χ1n) is 7.03. The van der Waals surface area contributed by atoms with Crippen molar-refractivity contribution in [1.29, 1.82) is 0 Å². The smallest absolute Gasteiger partial charge is 0.151 e. The van der Waals surface area contributed by atoms with Gasteiger partial charge in [-0.1, -0.05) is 29.3 Å². The minimum absolute atomic E-state index is 0.0758. The van der Waals surface area contributed by atoms with Gasteiger partial charge in [-0.3, -0.25) is 4.90 Å². The number of nitrogens with two attached hydrogens (primary N) is 1. The second-order valence-corrected chi connectivity index (χ2v) is 8.12. The zero-order valence-corrected chi connectivity index (χ0v) is 13.3. The van der Waals surface area contributed by atoms with Crippen LogP contribution in [-0.2, 0) is 9.84 Å². The Kier molecular flexibility index (Phi) is 4.52. The molecular formula is C15H24N2O2S. The second-order valence-electron chi connectivity index (χ2n) is 5.89. The molecular weight excluding hydrogens is 272 g/mol. The van der Waals surface area contributed by atoms with Crippen molar-refractivity contribution in [3.63, 3.8) is 0 Å². The molecule has 0 bridgehead atoms. The molecule has 2 rings (SSSR count). The minimum Gasteiger partial charge on any atom is -0.329 e. The van der Waals surface area contributed by atoms with Crippen LogP contribution in [0.5, 0.6) is 0 Å². The Balaban J connectivity index is 2.23. The molecule has 0 radical (unpaired) electrons. The Morgan fingerprint density at radius 3 is 2.35 bits per heavy atom. The molecule has 1 heterocycles. The van der Waals surface area contributed by atoms with Gasteiger partial charge in [0.2, 0.25) is 0 Å². The Morgan fingerprint density at radius 2 is 1.90 bits per heavy atom. The topological polar surface area (TPSA) is 63.4 Å². The van der Waals surface area contributed by atoms with Gasteiger partial charge in [-0.2, -0.15) is 0 Å². The van der Waals surface area contributed by atoms with Crippen molar-refractivity contribution in [2.24, 2.45) is 5.73 Å². The lowest BCUT2D eigenvalue weighted by atomic mass is 9.99. The molecule has 1 saturated heterocycles. The van der Waals surface area contributed by atoms with Gasteiger partial charge >= 0.3 is 0 Å². The molecule has 1 aliphatic rings. The van der Waals surface area contributed by atoms with Gasteiger partial charge in [-0.15, -0.1) is 0 Å². The fourth-order valence-electron chi connectivity index (χ4n) is 3.09. The number of hydrogen-bond donors (Lipinski definition) is 1. The molecule has 1 fully saturated rings. The van der Waals surface area contributed by atoms with Gasteiger partial charge in [0.05, 0.1) is 11.5 Å². The van der Waals surface area contributed by atoms with Crippen LogP contribution in [0.15, 0.2) is 18.2 Å². The molecule has 0 saturated carbocycles. The molecule has 0 aliphatic carbocycles. The van der Waals surface area contributed by atoms with Gasteiger partial charge < -0.3 is 5.73 Å². The quantitative estimate of drug-likeness (QED) is 0.913. The highest BCUT2D eigenvalue weighted by atomic mass is 32.2. The molecule has 0 amide bonds. The van der Waals surface area contributed by atoms with E-state index in [0.29, 0.717) is 18.7 Å². The number of likely N-dealkylation sites (N-methyl/N-ethyl adjacent to an activating group) is 1. The van der Waals surface area contributed by atoms with Crippen molar-refractivity contribution >= 4 is 9.84 Å². The van der Waals surface area contributed by atoms with E-state index in [4.69, 9.17) is 5.73 Å². The third-order valence-corrected chi connectivity index (χ3v) is 5.88. The summed E-state index contributed by atoms with van der Waals surface area (Å²) in [7, 11) is -0.876. The Morgan fingerprint density at radius 1 is 1.30 bits per heavy atom. The van der Waals surface area contributed by atoms with Crippen molar-refractivity contribution in [3.05, 3.63) is 34.9 Å². The summed E-state index contributed by atoms with van der Waals surface area (Å²) in [6.45, 7) is 4.64. The highest BCUT2D eigenvalue weighted by Crippen LogP contribution is 2.27. The average Bonchev–Trinajstić information content (AvgIpc) is 2.69. The fraction of sp³-hybridized carbons (Fsp3) is 0.600. The highest BCUT2D eigenvalue weighted by molar-refractivity contribution is 7.91. The van der Waals surface area contributed by atoms with E-state index in [-0.39, 0.29) is 17.8 Å². The summed E-state index contributed by atoms with van der Waals surface area (Å²) in [5, 5.41) is 0. The lowest BCUT2D eigenvalue weighted by Gasteiger charge is -2.32. The van der Waals surface area contributed by atoms with Crippen LogP contribution in [0.3, 0.4) is 0 Å². The Bertz CT molecular complexity index is 563. The molecule has 0 spiro atoms. The van der Waals surface area contributed by atoms with Crippen LogP contribution in [0.25, 0.3) is 0 Å². The van der Waals surface area contributed by atoms with Crippen LogP contribution in [-0.4, -0.2) is 44.5 Å². The van der Waals surface area contributed by atoms with Crippen LogP contribution in [0.2, 0.25) is 0 Å². The number of benzene rings is 1. The zero-order valence-electron chi connectivity index (χ0n) is 12.5. The molecule has 20 heavy (non-hydrogen) atoms. The SMILES string of the molecule is Cc1cc(C)cc(C(CN)N(C)C2CCS(=O)(=O)C2)c1. The van der Waals surface area contributed by atoms with Crippen LogP contribution >= 0.6 is 0 Å². The molecule has 4 nitrogen and oxygen atoms in total. The fourth-order valence-corrected chi connectivity index (χ4v) is 4.88. The standard InChI is InChI=1S/C15H24N2O2S/c1-11-6-12(2)8-13(7-11)15(9-16)17(3)14-4-5-20(18,19)10-14/h6-8,14-15H,4-5,9-10,16H2,1-3H3. The van der Waals surface area contributed by atoms with E-state index in [9.17, 15) is 8.42 Å². The summed E-state index contributed by atoms with van der Waals surface area (Å²) in [5.74, 6) is 0.553. The summed E-state index contributed by atoms with van der Waals surface area (Å²) >= 11 is 0. The summed E-state index contributed by atoms with van der Waals surface area (Å²) < 4.78 is 23.3. The normalized spacial score (nSPS) is 23.1. The first-order valence-corrected chi connectivity index (χ1v) is 8.85. The molecule has 5 heteroatoms. The predicted octanol–water partition coefficient (Wildman–Crippen LogP) is 1.42. The Labute approximate surface area is 121 Å². The first-order chi connectivity index (χ1) is 9.32. The Hall–Kier alpha value is -0.910. The number of hydrogen-bond acceptors (Lipinski definition) is 4. The van der Waals surface area contributed by atoms with E-state index in [2.05, 4.69) is 36.9 Å². The van der Waals surface area contributed by atoms with Crippen molar-refractivity contribution in [2.75, 3.05) is 25.1 Å². The van der Waals surface area contributed by atoms with E-state index >= 15 is 0 Å². The molecule has 2 N–H and O–H groups in total. The van der Waals surface area contributed by atoms with Crippen LogP contribution in [0.4, 0.5) is 0 Å². The molecule has 1 aliphatic heterocycles. The number of rotatable bonds is 4. The monoisotopic (exact) mass is 296 g/mol. The summed E-state index contributed by atoms with van der Waals surface area (Å²) in [5.41, 5.74) is 9.56.